The molecule has 8 aromatic rings. The fourth-order valence-corrected chi connectivity index (χ4v) is 12.5. The Morgan fingerprint density at radius 3 is 0.650 bits per heavy atom. The highest BCUT2D eigenvalue weighted by molar-refractivity contribution is 6.17. The SMILES string of the molecule is CCO[C@@H](c1cc(CC)ccc1-c1cc(OC)ccc1F)C(C)(C)C.CCO[C@@H](c1cc(CCl)ccc1-c1cc(OC)ccc1F)C(C)(C)C.CCO[C@H](c1cc(CC)ccc1-c1cc(OC)ccc1F)C(C)(C)C.CCO[C@H](c1cc(CCl)ccc1-c1cc(OC)ccc1F)C(C)(C)C. The zero-order chi connectivity index (χ0) is 74.5. The molecule has 0 aliphatic rings. The van der Waals surface area contributed by atoms with Crippen molar-refractivity contribution in [2.24, 2.45) is 21.7 Å². The molecule has 0 saturated heterocycles. The van der Waals surface area contributed by atoms with Crippen LogP contribution in [0.15, 0.2) is 146 Å². The molecule has 0 N–H and O–H groups in total. The highest BCUT2D eigenvalue weighted by Gasteiger charge is 2.34. The van der Waals surface area contributed by atoms with Crippen LogP contribution in [0.2, 0.25) is 0 Å². The van der Waals surface area contributed by atoms with Crippen molar-refractivity contribution in [2.75, 3.05) is 54.9 Å². The third-order valence-corrected chi connectivity index (χ3v) is 17.7. The van der Waals surface area contributed by atoms with Crippen molar-refractivity contribution in [1.29, 1.82) is 0 Å². The van der Waals surface area contributed by atoms with Crippen LogP contribution < -0.4 is 18.9 Å². The quantitative estimate of drug-likeness (QED) is 0.0438. The van der Waals surface area contributed by atoms with Gasteiger partial charge in [-0.15, -0.1) is 23.2 Å². The lowest BCUT2D eigenvalue weighted by Gasteiger charge is -2.32. The van der Waals surface area contributed by atoms with E-state index in [4.69, 9.17) is 61.1 Å². The van der Waals surface area contributed by atoms with Gasteiger partial charge in [0.25, 0.3) is 0 Å². The van der Waals surface area contributed by atoms with E-state index in [0.29, 0.717) is 83.4 Å². The van der Waals surface area contributed by atoms with E-state index in [1.165, 1.54) is 35.4 Å². The van der Waals surface area contributed by atoms with Crippen LogP contribution in [0.1, 0.15) is 194 Å². The van der Waals surface area contributed by atoms with Crippen molar-refractivity contribution < 1.29 is 55.5 Å². The molecule has 0 radical (unpaired) electrons. The van der Waals surface area contributed by atoms with Crippen LogP contribution in [0.4, 0.5) is 17.6 Å². The van der Waals surface area contributed by atoms with Crippen LogP contribution in [0.5, 0.6) is 23.0 Å². The van der Waals surface area contributed by atoms with E-state index in [-0.39, 0.29) is 69.3 Å². The maximum Gasteiger partial charge on any atom is 0.131 e. The lowest BCUT2D eigenvalue weighted by atomic mass is 9.80. The monoisotopic (exact) mass is 1420 g/mol. The van der Waals surface area contributed by atoms with Gasteiger partial charge in [0.1, 0.15) is 46.3 Å². The van der Waals surface area contributed by atoms with Gasteiger partial charge < -0.3 is 37.9 Å². The molecule has 4 atom stereocenters. The Labute approximate surface area is 606 Å². The fraction of sp³-hybridized carbons (Fsp3) is 0.442. The van der Waals surface area contributed by atoms with Gasteiger partial charge in [-0.25, -0.2) is 17.6 Å². The molecule has 0 unspecified atom stereocenters. The van der Waals surface area contributed by atoms with Crippen molar-refractivity contribution in [3.05, 3.63) is 213 Å². The summed E-state index contributed by atoms with van der Waals surface area (Å²) in [6.07, 6.45) is 1.25. The molecular weight excluding hydrogens is 1310 g/mol. The van der Waals surface area contributed by atoms with Gasteiger partial charge in [-0.1, -0.05) is 170 Å². The largest absolute Gasteiger partial charge is 0.497 e. The summed E-state index contributed by atoms with van der Waals surface area (Å²) in [5.74, 6) is 2.24. The van der Waals surface area contributed by atoms with Crippen LogP contribution in [0.3, 0.4) is 0 Å². The Balaban J connectivity index is 0.000000240. The minimum Gasteiger partial charge on any atom is -0.497 e. The van der Waals surface area contributed by atoms with Crippen molar-refractivity contribution in [3.63, 3.8) is 0 Å². The van der Waals surface area contributed by atoms with Gasteiger partial charge in [-0.3, -0.25) is 0 Å². The summed E-state index contributed by atoms with van der Waals surface area (Å²) in [6, 6.07) is 43.4. The number of hydrogen-bond acceptors (Lipinski definition) is 8. The van der Waals surface area contributed by atoms with Crippen LogP contribution >= 0.6 is 23.2 Å². The summed E-state index contributed by atoms with van der Waals surface area (Å²) >= 11 is 12.1. The topological polar surface area (TPSA) is 73.8 Å². The number of halogens is 6. The van der Waals surface area contributed by atoms with Crippen LogP contribution in [-0.4, -0.2) is 54.9 Å². The summed E-state index contributed by atoms with van der Waals surface area (Å²) in [7, 11) is 6.34. The molecule has 0 aliphatic heterocycles. The molecule has 0 spiro atoms. The van der Waals surface area contributed by atoms with Gasteiger partial charge in [0.05, 0.1) is 52.9 Å². The zero-order valence-corrected chi connectivity index (χ0v) is 64.9. The molecule has 8 nitrogen and oxygen atoms in total. The third-order valence-electron chi connectivity index (χ3n) is 17.1. The highest BCUT2D eigenvalue weighted by atomic mass is 35.5. The average molecular weight is 1420 g/mol. The molecule has 0 aliphatic carbocycles. The standard InChI is InChI=1S/2C22H29FO2.2C21H26ClFO2/c2*1-7-15-9-11-17(18-14-16(24-6)10-12-20(18)23)19(13-15)21(25-8-2)22(3,4)5;2*1-6-25-20(21(2,3)4)18-11-14(13-22)7-9-16(18)17-12-15(24-5)8-10-19(17)23/h2*9-14,21H,7-8H2,1-6H3;2*7-12,20H,6,13H2,1-5H3/t2*21-;2*20-/m1010/s1. The number of aryl methyl sites for hydroxylation is 2. The molecule has 100 heavy (non-hydrogen) atoms. The van der Waals surface area contributed by atoms with Gasteiger partial charge >= 0.3 is 0 Å². The second kappa shape index (κ2) is 38.4. The number of benzene rings is 8. The molecule has 0 amide bonds. The second-order valence-electron chi connectivity index (χ2n) is 28.8. The van der Waals surface area contributed by atoms with E-state index in [0.717, 1.165) is 68.5 Å². The first-order valence-corrected chi connectivity index (χ1v) is 35.8. The maximum absolute atomic E-state index is 14.6. The first kappa shape index (κ1) is 83.8. The molecule has 0 saturated carbocycles. The van der Waals surface area contributed by atoms with Crippen molar-refractivity contribution in [2.45, 2.75) is 174 Å². The molecule has 0 fully saturated rings. The summed E-state index contributed by atoms with van der Waals surface area (Å²) in [4.78, 5) is 0. The first-order valence-electron chi connectivity index (χ1n) is 34.7. The van der Waals surface area contributed by atoms with Gasteiger partial charge in [0, 0.05) is 60.4 Å². The van der Waals surface area contributed by atoms with Crippen LogP contribution in [0.25, 0.3) is 44.5 Å². The first-order chi connectivity index (χ1) is 47.2. The summed E-state index contributed by atoms with van der Waals surface area (Å²) in [5, 5.41) is 0. The molecule has 8 rings (SSSR count). The summed E-state index contributed by atoms with van der Waals surface area (Å²) in [5.41, 5.74) is 13.3. The molecule has 0 bridgehead atoms. The maximum atomic E-state index is 14.6. The van der Waals surface area contributed by atoms with Gasteiger partial charge in [0.2, 0.25) is 0 Å². The summed E-state index contributed by atoms with van der Waals surface area (Å²) < 4.78 is 104. The van der Waals surface area contributed by atoms with Crippen LogP contribution in [0, 0.1) is 44.9 Å². The fourth-order valence-electron chi connectivity index (χ4n) is 12.1. The van der Waals surface area contributed by atoms with E-state index in [1.54, 1.807) is 77.0 Å². The average Bonchev–Trinajstić information content (AvgIpc) is 0.803. The molecule has 14 heteroatoms. The Kier molecular flexibility index (Phi) is 32.2. The predicted octanol–water partition coefficient (Wildman–Crippen LogP) is 25.1. The number of alkyl halides is 2. The van der Waals surface area contributed by atoms with Crippen molar-refractivity contribution in [1.82, 2.24) is 0 Å². The number of hydrogen-bond donors (Lipinski definition) is 0. The van der Waals surface area contributed by atoms with Crippen molar-refractivity contribution in [3.8, 4) is 67.5 Å². The Bertz CT molecular complexity index is 3380. The lowest BCUT2D eigenvalue weighted by molar-refractivity contribution is -0.0129. The molecule has 8 aromatic carbocycles. The number of methoxy groups -OCH3 is 4. The predicted molar refractivity (Wildman–Crippen MR) is 407 cm³/mol. The van der Waals surface area contributed by atoms with E-state index >= 15 is 0 Å². The Morgan fingerprint density at radius 2 is 0.480 bits per heavy atom. The van der Waals surface area contributed by atoms with E-state index in [2.05, 4.69) is 121 Å². The normalized spacial score (nSPS) is 12.9. The third kappa shape index (κ3) is 22.5. The van der Waals surface area contributed by atoms with E-state index in [1.807, 2.05) is 76.2 Å². The van der Waals surface area contributed by atoms with Crippen LogP contribution in [-0.2, 0) is 43.5 Å². The molecule has 0 aromatic heterocycles. The van der Waals surface area contributed by atoms with Gasteiger partial charge in [-0.05, 0) is 202 Å². The Hall–Kier alpha value is -6.90. The summed E-state index contributed by atoms with van der Waals surface area (Å²) in [6.45, 7) is 40.1. The van der Waals surface area contributed by atoms with Gasteiger partial charge in [-0.2, -0.15) is 0 Å². The number of rotatable bonds is 24. The smallest absolute Gasteiger partial charge is 0.131 e. The van der Waals surface area contributed by atoms with E-state index < -0.39 is 0 Å². The van der Waals surface area contributed by atoms with Crippen molar-refractivity contribution >= 4 is 23.2 Å². The zero-order valence-electron chi connectivity index (χ0n) is 63.4. The molecule has 0 heterocycles. The number of ether oxygens (including phenoxy) is 8. The van der Waals surface area contributed by atoms with Gasteiger partial charge in [0.15, 0.2) is 0 Å². The minimum atomic E-state index is -0.287. The second-order valence-corrected chi connectivity index (χ2v) is 29.4. The Morgan fingerprint density at radius 1 is 0.280 bits per heavy atom. The lowest BCUT2D eigenvalue weighted by Crippen LogP contribution is -2.22. The molecule has 544 valence electrons. The minimum absolute atomic E-state index is 0.105. The van der Waals surface area contributed by atoms with E-state index in [9.17, 15) is 17.6 Å². The highest BCUT2D eigenvalue weighted by Crippen LogP contribution is 2.47. The molecular formula is C86H110Cl2F4O8.